The fourth-order valence-corrected chi connectivity index (χ4v) is 3.09. The van der Waals surface area contributed by atoms with Gasteiger partial charge in [0.05, 0.1) is 34.1 Å². The standard InChI is InChI=1S/C22H21N5O5/c1-29-17-10-15(11-18(30-2)19(17)31-3)21(28)27-22(24-13-16-7-5-9-32-16)25-20(26-27)14-6-4-8-23-12-14/h4-12H,13H2,1-3H3,(H,24,25,26). The number of benzene rings is 1. The van der Waals surface area contributed by atoms with Crippen LogP contribution in [0.3, 0.4) is 0 Å². The lowest BCUT2D eigenvalue weighted by molar-refractivity contribution is 0.0946. The Bertz CT molecular complexity index is 1180. The number of hydrogen-bond acceptors (Lipinski definition) is 9. The van der Waals surface area contributed by atoms with E-state index in [1.54, 1.807) is 42.9 Å². The molecule has 1 aromatic carbocycles. The number of rotatable bonds is 8. The number of aromatic nitrogens is 4. The Morgan fingerprint density at radius 1 is 1.09 bits per heavy atom. The molecule has 1 N–H and O–H groups in total. The zero-order valence-electron chi connectivity index (χ0n) is 17.7. The molecule has 0 unspecified atom stereocenters. The molecule has 32 heavy (non-hydrogen) atoms. The quantitative estimate of drug-likeness (QED) is 0.445. The first-order chi connectivity index (χ1) is 15.6. The molecule has 4 rings (SSSR count). The van der Waals surface area contributed by atoms with Crippen LogP contribution in [0.4, 0.5) is 5.95 Å². The van der Waals surface area contributed by atoms with Gasteiger partial charge < -0.3 is 23.9 Å². The minimum absolute atomic E-state index is 0.249. The first-order valence-corrected chi connectivity index (χ1v) is 9.63. The molecule has 0 atom stereocenters. The van der Waals surface area contributed by atoms with Crippen LogP contribution in [0.15, 0.2) is 59.5 Å². The molecular weight excluding hydrogens is 414 g/mol. The number of carbonyl (C=O) groups is 1. The molecule has 0 amide bonds. The summed E-state index contributed by atoms with van der Waals surface area (Å²) in [6.45, 7) is 0.320. The van der Waals surface area contributed by atoms with E-state index in [4.69, 9.17) is 18.6 Å². The Labute approximate surface area is 183 Å². The van der Waals surface area contributed by atoms with Gasteiger partial charge in [0.15, 0.2) is 17.3 Å². The highest BCUT2D eigenvalue weighted by molar-refractivity contribution is 5.98. The van der Waals surface area contributed by atoms with Crippen molar-refractivity contribution in [2.45, 2.75) is 6.54 Å². The lowest BCUT2D eigenvalue weighted by atomic mass is 10.1. The van der Waals surface area contributed by atoms with Crippen LogP contribution in [0.2, 0.25) is 0 Å². The molecule has 0 spiro atoms. The Morgan fingerprint density at radius 2 is 1.88 bits per heavy atom. The molecule has 10 heteroatoms. The summed E-state index contributed by atoms with van der Waals surface area (Å²) >= 11 is 0. The number of nitrogens with zero attached hydrogens (tertiary/aromatic N) is 4. The molecule has 3 aromatic heterocycles. The summed E-state index contributed by atoms with van der Waals surface area (Å²) in [6, 6.07) is 10.3. The van der Waals surface area contributed by atoms with Gasteiger partial charge in [0.1, 0.15) is 5.76 Å². The van der Waals surface area contributed by atoms with Gasteiger partial charge in [-0.3, -0.25) is 9.78 Å². The summed E-state index contributed by atoms with van der Waals surface area (Å²) in [5, 5.41) is 7.52. The molecular formula is C22H21N5O5. The normalized spacial score (nSPS) is 10.6. The largest absolute Gasteiger partial charge is 0.493 e. The average molecular weight is 435 g/mol. The molecule has 0 aliphatic carbocycles. The van der Waals surface area contributed by atoms with E-state index in [9.17, 15) is 4.79 Å². The number of pyridine rings is 1. The second-order valence-corrected chi connectivity index (χ2v) is 6.56. The Balaban J connectivity index is 1.75. The SMILES string of the molecule is COc1cc(C(=O)n2nc(-c3cccnc3)nc2NCc2ccco2)cc(OC)c1OC. The van der Waals surface area contributed by atoms with Crippen molar-refractivity contribution in [3.8, 4) is 28.6 Å². The number of ether oxygens (including phenoxy) is 3. The molecule has 10 nitrogen and oxygen atoms in total. The Kier molecular flexibility index (Phi) is 6.02. The molecule has 0 bridgehead atoms. The predicted octanol–water partition coefficient (Wildman–Crippen LogP) is 3.26. The van der Waals surface area contributed by atoms with Gasteiger partial charge in [0.25, 0.3) is 5.91 Å². The van der Waals surface area contributed by atoms with Gasteiger partial charge in [-0.2, -0.15) is 9.67 Å². The molecule has 0 aliphatic rings. The van der Waals surface area contributed by atoms with Crippen molar-refractivity contribution in [3.63, 3.8) is 0 Å². The molecule has 0 saturated carbocycles. The number of methoxy groups -OCH3 is 3. The minimum Gasteiger partial charge on any atom is -0.493 e. The monoisotopic (exact) mass is 435 g/mol. The maximum atomic E-state index is 13.4. The lowest BCUT2D eigenvalue weighted by Crippen LogP contribution is -2.18. The van der Waals surface area contributed by atoms with E-state index in [2.05, 4.69) is 20.4 Å². The minimum atomic E-state index is -0.436. The Hall–Kier alpha value is -4.34. The predicted molar refractivity (Wildman–Crippen MR) is 115 cm³/mol. The second-order valence-electron chi connectivity index (χ2n) is 6.56. The number of furan rings is 1. The van der Waals surface area contributed by atoms with Crippen LogP contribution >= 0.6 is 0 Å². The van der Waals surface area contributed by atoms with E-state index in [1.165, 1.54) is 26.0 Å². The zero-order valence-corrected chi connectivity index (χ0v) is 17.7. The van der Waals surface area contributed by atoms with E-state index in [1.807, 2.05) is 12.1 Å². The van der Waals surface area contributed by atoms with E-state index >= 15 is 0 Å². The first-order valence-electron chi connectivity index (χ1n) is 9.63. The smallest absolute Gasteiger partial charge is 0.281 e. The van der Waals surface area contributed by atoms with E-state index in [0.29, 0.717) is 40.9 Å². The second kappa shape index (κ2) is 9.21. The highest BCUT2D eigenvalue weighted by atomic mass is 16.5. The summed E-state index contributed by atoms with van der Waals surface area (Å²) in [6.07, 6.45) is 4.85. The topological polar surface area (TPSA) is 114 Å². The van der Waals surface area contributed by atoms with Crippen molar-refractivity contribution < 1.29 is 23.4 Å². The molecule has 3 heterocycles. The van der Waals surface area contributed by atoms with Gasteiger partial charge in [-0.1, -0.05) is 0 Å². The summed E-state index contributed by atoms with van der Waals surface area (Å²) in [5.74, 6) is 1.94. The maximum Gasteiger partial charge on any atom is 0.281 e. The number of anilines is 1. The summed E-state index contributed by atoms with van der Waals surface area (Å²) in [4.78, 5) is 22.0. The summed E-state index contributed by atoms with van der Waals surface area (Å²) in [7, 11) is 4.46. The third-order valence-corrected chi connectivity index (χ3v) is 4.63. The van der Waals surface area contributed by atoms with Crippen LogP contribution in [-0.2, 0) is 6.54 Å². The number of carbonyl (C=O) groups excluding carboxylic acids is 1. The molecule has 4 aromatic rings. The van der Waals surface area contributed by atoms with Crippen molar-refractivity contribution in [1.29, 1.82) is 0 Å². The molecule has 0 radical (unpaired) electrons. The van der Waals surface area contributed by atoms with E-state index in [-0.39, 0.29) is 11.5 Å². The van der Waals surface area contributed by atoms with E-state index in [0.717, 1.165) is 0 Å². The number of hydrogen-bond donors (Lipinski definition) is 1. The van der Waals surface area contributed by atoms with Crippen molar-refractivity contribution in [1.82, 2.24) is 19.7 Å². The van der Waals surface area contributed by atoms with Crippen LogP contribution < -0.4 is 19.5 Å². The van der Waals surface area contributed by atoms with Crippen LogP contribution in [0.5, 0.6) is 17.2 Å². The fraction of sp³-hybridized carbons (Fsp3) is 0.182. The maximum absolute atomic E-state index is 13.4. The average Bonchev–Trinajstić information content (AvgIpc) is 3.51. The van der Waals surface area contributed by atoms with Gasteiger partial charge in [0.2, 0.25) is 11.7 Å². The molecule has 164 valence electrons. The lowest BCUT2D eigenvalue weighted by Gasteiger charge is -2.14. The van der Waals surface area contributed by atoms with Gasteiger partial charge in [-0.15, -0.1) is 5.10 Å². The molecule has 0 fully saturated rings. The zero-order chi connectivity index (χ0) is 22.5. The van der Waals surface area contributed by atoms with Crippen LogP contribution in [0.25, 0.3) is 11.4 Å². The number of nitrogens with one attached hydrogen (secondary N) is 1. The van der Waals surface area contributed by atoms with Gasteiger partial charge in [0, 0.05) is 23.5 Å². The third kappa shape index (κ3) is 4.10. The van der Waals surface area contributed by atoms with Crippen LogP contribution in [0, 0.1) is 0 Å². The van der Waals surface area contributed by atoms with Crippen LogP contribution in [-0.4, -0.2) is 47.0 Å². The molecule has 0 aliphatic heterocycles. The summed E-state index contributed by atoms with van der Waals surface area (Å²) in [5.41, 5.74) is 0.952. The summed E-state index contributed by atoms with van der Waals surface area (Å²) < 4.78 is 22.6. The fourth-order valence-electron chi connectivity index (χ4n) is 3.09. The van der Waals surface area contributed by atoms with Gasteiger partial charge in [-0.05, 0) is 36.4 Å². The molecule has 0 saturated heterocycles. The van der Waals surface area contributed by atoms with Gasteiger partial charge >= 0.3 is 0 Å². The Morgan fingerprint density at radius 3 is 2.47 bits per heavy atom. The van der Waals surface area contributed by atoms with Crippen molar-refractivity contribution in [2.75, 3.05) is 26.6 Å². The third-order valence-electron chi connectivity index (χ3n) is 4.63. The highest BCUT2D eigenvalue weighted by Crippen LogP contribution is 2.38. The van der Waals surface area contributed by atoms with E-state index < -0.39 is 5.91 Å². The van der Waals surface area contributed by atoms with Crippen molar-refractivity contribution >= 4 is 11.9 Å². The van der Waals surface area contributed by atoms with Crippen LogP contribution in [0.1, 0.15) is 16.1 Å². The first kappa shape index (κ1) is 20.9. The van der Waals surface area contributed by atoms with Crippen molar-refractivity contribution in [3.05, 3.63) is 66.4 Å². The van der Waals surface area contributed by atoms with Gasteiger partial charge in [-0.25, -0.2) is 0 Å². The highest BCUT2D eigenvalue weighted by Gasteiger charge is 2.23. The van der Waals surface area contributed by atoms with Crippen molar-refractivity contribution in [2.24, 2.45) is 0 Å².